The van der Waals surface area contributed by atoms with Gasteiger partial charge in [0, 0.05) is 36.4 Å². The first-order valence-corrected chi connectivity index (χ1v) is 13.7. The van der Waals surface area contributed by atoms with Crippen molar-refractivity contribution in [2.75, 3.05) is 26.2 Å². The second-order valence-electron chi connectivity index (χ2n) is 9.34. The summed E-state index contributed by atoms with van der Waals surface area (Å²) in [7, 11) is 0. The van der Waals surface area contributed by atoms with Gasteiger partial charge in [0.1, 0.15) is 18.2 Å². The number of nitrogens with zero attached hydrogens (tertiary/aromatic N) is 3. The van der Waals surface area contributed by atoms with E-state index in [1.54, 1.807) is 28.2 Å². The molecule has 1 atom stereocenters. The van der Waals surface area contributed by atoms with E-state index in [4.69, 9.17) is 5.41 Å². The van der Waals surface area contributed by atoms with Crippen molar-refractivity contribution < 1.29 is 9.59 Å². The number of piperidine rings is 1. The number of rotatable bonds is 6. The molecule has 2 aliphatic rings. The molecule has 1 aromatic heterocycles. The minimum absolute atomic E-state index is 0.0389. The number of amides is 1. The lowest BCUT2D eigenvalue weighted by atomic mass is 10.1. The molecular weight excluding hydrogens is 476 g/mol. The van der Waals surface area contributed by atoms with Crippen molar-refractivity contribution in [1.82, 2.24) is 14.1 Å². The van der Waals surface area contributed by atoms with Gasteiger partial charge in [0.05, 0.1) is 10.8 Å². The molecule has 0 radical (unpaired) electrons. The van der Waals surface area contributed by atoms with Crippen LogP contribution in [0.2, 0.25) is 0 Å². The monoisotopic (exact) mass is 506 g/mol. The number of likely N-dealkylation sites (tertiary alicyclic amines) is 1. The molecule has 1 N–H and O–H groups in total. The van der Waals surface area contributed by atoms with Crippen molar-refractivity contribution in [3.63, 3.8) is 0 Å². The number of hydrogen-bond donors (Lipinski definition) is 1. The second kappa shape index (κ2) is 10.5. The predicted octanol–water partition coefficient (Wildman–Crippen LogP) is 4.94. The molecule has 2 aromatic carbocycles. The summed E-state index contributed by atoms with van der Waals surface area (Å²) in [6, 6.07) is 16.0. The third-order valence-electron chi connectivity index (χ3n) is 6.70. The van der Waals surface area contributed by atoms with Crippen LogP contribution < -0.4 is 0 Å². The molecule has 1 amide bonds. The van der Waals surface area contributed by atoms with Crippen LogP contribution in [0.25, 0.3) is 10.1 Å². The van der Waals surface area contributed by atoms with E-state index >= 15 is 0 Å². The molecule has 5 rings (SSSR count). The summed E-state index contributed by atoms with van der Waals surface area (Å²) < 4.78 is 4.36. The summed E-state index contributed by atoms with van der Waals surface area (Å²) in [6.07, 6.45) is 4.41. The van der Waals surface area contributed by atoms with Gasteiger partial charge in [-0.25, -0.2) is 4.31 Å². The molecule has 1 unspecified atom stereocenters. The zero-order chi connectivity index (χ0) is 24.4. The highest BCUT2D eigenvalue weighted by atomic mass is 32.2. The van der Waals surface area contributed by atoms with Gasteiger partial charge in [-0.15, -0.1) is 11.3 Å². The SMILES string of the molecule is Cc1ccc2cc(SN3CC(=O)N(Cc4ccc(C(=N)N5CCCCC5)cc4)C(C=O)C3)sc2c1. The van der Waals surface area contributed by atoms with Crippen molar-refractivity contribution >= 4 is 51.4 Å². The Bertz CT molecular complexity index is 1230. The Labute approximate surface area is 214 Å². The van der Waals surface area contributed by atoms with Crippen LogP contribution in [-0.2, 0) is 16.1 Å². The quantitative estimate of drug-likeness (QED) is 0.222. The number of aryl methyl sites for hydroxylation is 1. The Morgan fingerprint density at radius 2 is 1.89 bits per heavy atom. The van der Waals surface area contributed by atoms with Gasteiger partial charge in [0.2, 0.25) is 5.91 Å². The Morgan fingerprint density at radius 1 is 1.11 bits per heavy atom. The van der Waals surface area contributed by atoms with E-state index in [0.717, 1.165) is 47.6 Å². The van der Waals surface area contributed by atoms with Crippen molar-refractivity contribution in [3.05, 3.63) is 65.2 Å². The number of hydrogen-bond acceptors (Lipinski definition) is 6. The largest absolute Gasteiger partial charge is 0.357 e. The van der Waals surface area contributed by atoms with Crippen molar-refractivity contribution in [2.45, 2.75) is 43.0 Å². The van der Waals surface area contributed by atoms with Gasteiger partial charge in [0.25, 0.3) is 0 Å². The highest BCUT2D eigenvalue weighted by Crippen LogP contribution is 2.36. The highest BCUT2D eigenvalue weighted by molar-refractivity contribution is 7.99. The van der Waals surface area contributed by atoms with Crippen molar-refractivity contribution in [1.29, 1.82) is 5.41 Å². The van der Waals surface area contributed by atoms with E-state index in [-0.39, 0.29) is 12.5 Å². The lowest BCUT2D eigenvalue weighted by Gasteiger charge is -2.37. The van der Waals surface area contributed by atoms with Gasteiger partial charge in [-0.1, -0.05) is 36.4 Å². The zero-order valence-electron chi connectivity index (χ0n) is 19.9. The molecular formula is C27H30N4O2S2. The molecule has 3 heterocycles. The average Bonchev–Trinajstić information content (AvgIpc) is 3.27. The van der Waals surface area contributed by atoms with Crippen molar-refractivity contribution in [2.24, 2.45) is 0 Å². The van der Waals surface area contributed by atoms with Gasteiger partial charge in [-0.2, -0.15) is 0 Å². The number of amidine groups is 1. The fourth-order valence-corrected chi connectivity index (χ4v) is 7.20. The maximum absolute atomic E-state index is 13.0. The van der Waals surface area contributed by atoms with Crippen LogP contribution in [0.3, 0.4) is 0 Å². The Hall–Kier alpha value is -2.68. The highest BCUT2D eigenvalue weighted by Gasteiger charge is 2.33. The average molecular weight is 507 g/mol. The third-order valence-corrected chi connectivity index (χ3v) is 8.90. The molecule has 2 aliphatic heterocycles. The fraction of sp³-hybridized carbons (Fsp3) is 0.370. The number of benzene rings is 2. The van der Waals surface area contributed by atoms with Gasteiger partial charge in [0.15, 0.2) is 0 Å². The summed E-state index contributed by atoms with van der Waals surface area (Å²) in [4.78, 5) is 28.8. The van der Waals surface area contributed by atoms with Gasteiger partial charge >= 0.3 is 0 Å². The second-order valence-corrected chi connectivity index (χ2v) is 11.8. The topological polar surface area (TPSA) is 67.7 Å². The van der Waals surface area contributed by atoms with E-state index in [0.29, 0.717) is 18.9 Å². The molecule has 2 fully saturated rings. The minimum Gasteiger partial charge on any atom is -0.357 e. The van der Waals surface area contributed by atoms with E-state index in [1.165, 1.54) is 22.1 Å². The summed E-state index contributed by atoms with van der Waals surface area (Å²) in [5.74, 6) is 0.531. The Morgan fingerprint density at radius 3 is 2.63 bits per heavy atom. The van der Waals surface area contributed by atoms with E-state index in [1.807, 2.05) is 28.6 Å². The fourth-order valence-electron chi connectivity index (χ4n) is 4.74. The minimum atomic E-state index is -0.480. The van der Waals surface area contributed by atoms with E-state index < -0.39 is 6.04 Å². The number of piperazine rings is 1. The van der Waals surface area contributed by atoms with Crippen LogP contribution in [0.1, 0.15) is 36.0 Å². The number of aldehydes is 1. The standard InChI is InChI=1S/C27H30N4O2S2/c1-19-5-8-22-14-26(34-24(22)13-19)35-30-16-23(18-32)31(25(33)17-30)15-20-6-9-21(10-7-20)27(28)29-11-3-2-4-12-29/h5-10,13-14,18,23,28H,2-4,11-12,15-17H2,1H3. The molecule has 0 bridgehead atoms. The number of fused-ring (bicyclic) bond motifs is 1. The van der Waals surface area contributed by atoms with Crippen molar-refractivity contribution in [3.8, 4) is 0 Å². The third kappa shape index (κ3) is 5.44. The number of carbonyl (C=O) groups is 2. The lowest BCUT2D eigenvalue weighted by molar-refractivity contribution is -0.141. The van der Waals surface area contributed by atoms with Crippen LogP contribution in [0.4, 0.5) is 0 Å². The van der Waals surface area contributed by atoms with E-state index in [2.05, 4.69) is 36.1 Å². The zero-order valence-corrected chi connectivity index (χ0v) is 21.5. The molecule has 3 aromatic rings. The number of carbonyl (C=O) groups excluding carboxylic acids is 2. The summed E-state index contributed by atoms with van der Waals surface area (Å²) >= 11 is 3.28. The van der Waals surface area contributed by atoms with Gasteiger partial charge in [-0.3, -0.25) is 10.2 Å². The normalized spacial score (nSPS) is 19.3. The van der Waals surface area contributed by atoms with E-state index in [9.17, 15) is 9.59 Å². The van der Waals surface area contributed by atoms with Crippen LogP contribution in [0, 0.1) is 12.3 Å². The Balaban J connectivity index is 1.22. The maximum Gasteiger partial charge on any atom is 0.238 e. The van der Waals surface area contributed by atoms with Crippen LogP contribution >= 0.6 is 23.3 Å². The molecule has 182 valence electrons. The molecule has 0 saturated carbocycles. The molecule has 6 nitrogen and oxygen atoms in total. The Kier molecular flexibility index (Phi) is 7.22. The van der Waals surface area contributed by atoms with Crippen LogP contribution in [0.5, 0.6) is 0 Å². The van der Waals surface area contributed by atoms with Crippen LogP contribution in [-0.4, -0.2) is 64.4 Å². The molecule has 8 heteroatoms. The first kappa shape index (κ1) is 24.0. The molecule has 0 spiro atoms. The number of nitrogens with one attached hydrogen (secondary N) is 1. The predicted molar refractivity (Wildman–Crippen MR) is 143 cm³/mol. The maximum atomic E-state index is 13.0. The molecule has 35 heavy (non-hydrogen) atoms. The first-order valence-electron chi connectivity index (χ1n) is 12.1. The van der Waals surface area contributed by atoms with Gasteiger partial charge < -0.3 is 14.6 Å². The summed E-state index contributed by atoms with van der Waals surface area (Å²) in [6.45, 7) is 5.16. The summed E-state index contributed by atoms with van der Waals surface area (Å²) in [5.41, 5.74) is 3.10. The van der Waals surface area contributed by atoms with Crippen LogP contribution in [0.15, 0.2) is 52.7 Å². The summed E-state index contributed by atoms with van der Waals surface area (Å²) in [5, 5.41) is 9.72. The number of thiophene rings is 1. The molecule has 0 aliphatic carbocycles. The first-order chi connectivity index (χ1) is 17.0. The lowest BCUT2D eigenvalue weighted by Crippen LogP contribution is -2.54. The van der Waals surface area contributed by atoms with Gasteiger partial charge in [-0.05, 0) is 66.8 Å². The molecule has 2 saturated heterocycles. The smallest absolute Gasteiger partial charge is 0.238 e.